The quantitative estimate of drug-likeness (QED) is 0.850. The first-order chi connectivity index (χ1) is 9.95. The SMILES string of the molecule is Cc1ccc(OCC(=O)NC2CCC(C(=O)O)C2)c(Br)c1. The number of nitrogens with one attached hydrogen (secondary N) is 1. The summed E-state index contributed by atoms with van der Waals surface area (Å²) in [6.45, 7) is 1.90. The van der Waals surface area contributed by atoms with Crippen molar-refractivity contribution in [2.24, 2.45) is 5.92 Å². The summed E-state index contributed by atoms with van der Waals surface area (Å²) in [7, 11) is 0. The lowest BCUT2D eigenvalue weighted by Gasteiger charge is -2.13. The van der Waals surface area contributed by atoms with Crippen molar-refractivity contribution in [3.8, 4) is 5.75 Å². The zero-order chi connectivity index (χ0) is 15.4. The van der Waals surface area contributed by atoms with Crippen molar-refractivity contribution < 1.29 is 19.4 Å². The van der Waals surface area contributed by atoms with E-state index in [1.807, 2.05) is 25.1 Å². The summed E-state index contributed by atoms with van der Waals surface area (Å²) >= 11 is 3.39. The molecule has 1 amide bonds. The first kappa shape index (κ1) is 15.8. The Bertz CT molecular complexity index is 546. The molecule has 6 heteroatoms. The van der Waals surface area contributed by atoms with E-state index in [2.05, 4.69) is 21.2 Å². The lowest BCUT2D eigenvalue weighted by Crippen LogP contribution is -2.36. The Morgan fingerprint density at radius 2 is 2.19 bits per heavy atom. The van der Waals surface area contributed by atoms with E-state index < -0.39 is 5.97 Å². The number of aliphatic carboxylic acids is 1. The van der Waals surface area contributed by atoms with Crippen molar-refractivity contribution in [2.45, 2.75) is 32.2 Å². The summed E-state index contributed by atoms with van der Waals surface area (Å²) < 4.78 is 6.27. The molecule has 114 valence electrons. The van der Waals surface area contributed by atoms with E-state index in [0.717, 1.165) is 10.0 Å². The Morgan fingerprint density at radius 3 is 2.81 bits per heavy atom. The Kier molecular flexibility index (Phi) is 5.22. The largest absolute Gasteiger partial charge is 0.483 e. The van der Waals surface area contributed by atoms with Crippen molar-refractivity contribution in [1.82, 2.24) is 5.32 Å². The predicted octanol–water partition coefficient (Wildman–Crippen LogP) is 2.51. The summed E-state index contributed by atoms with van der Waals surface area (Å²) in [5.74, 6) is -0.738. The number of benzene rings is 1. The number of amides is 1. The van der Waals surface area contributed by atoms with Crippen LogP contribution in [0.15, 0.2) is 22.7 Å². The second-order valence-corrected chi connectivity index (χ2v) is 6.19. The van der Waals surface area contributed by atoms with Crippen LogP contribution in [0.2, 0.25) is 0 Å². The van der Waals surface area contributed by atoms with Crippen molar-refractivity contribution >= 4 is 27.8 Å². The summed E-state index contributed by atoms with van der Waals surface area (Å²) in [5.41, 5.74) is 1.10. The predicted molar refractivity (Wildman–Crippen MR) is 81.3 cm³/mol. The van der Waals surface area contributed by atoms with Gasteiger partial charge in [0.05, 0.1) is 10.4 Å². The average Bonchev–Trinajstić information content (AvgIpc) is 2.86. The summed E-state index contributed by atoms with van der Waals surface area (Å²) in [6.07, 6.45) is 1.82. The van der Waals surface area contributed by atoms with Gasteiger partial charge in [0.2, 0.25) is 0 Å². The van der Waals surface area contributed by atoms with Gasteiger partial charge in [-0.3, -0.25) is 9.59 Å². The van der Waals surface area contributed by atoms with Crippen molar-refractivity contribution in [2.75, 3.05) is 6.61 Å². The number of rotatable bonds is 5. The molecule has 2 unspecified atom stereocenters. The molecule has 0 spiro atoms. The number of hydrogen-bond donors (Lipinski definition) is 2. The smallest absolute Gasteiger partial charge is 0.306 e. The minimum absolute atomic E-state index is 0.0661. The van der Waals surface area contributed by atoms with Gasteiger partial charge in [0.1, 0.15) is 5.75 Å². The fourth-order valence-electron chi connectivity index (χ4n) is 2.47. The minimum Gasteiger partial charge on any atom is -0.483 e. The molecule has 0 aliphatic heterocycles. The van der Waals surface area contributed by atoms with Crippen LogP contribution in [0.3, 0.4) is 0 Å². The fraction of sp³-hybridized carbons (Fsp3) is 0.467. The van der Waals surface area contributed by atoms with E-state index in [4.69, 9.17) is 9.84 Å². The fourth-order valence-corrected chi connectivity index (χ4v) is 3.08. The standard InChI is InChI=1S/C15H18BrNO4/c1-9-2-5-13(12(16)6-9)21-8-14(18)17-11-4-3-10(7-11)15(19)20/h2,5-6,10-11H,3-4,7-8H2,1H3,(H,17,18)(H,19,20). The van der Waals surface area contributed by atoms with E-state index in [0.29, 0.717) is 25.0 Å². The monoisotopic (exact) mass is 355 g/mol. The van der Waals surface area contributed by atoms with Gasteiger partial charge < -0.3 is 15.2 Å². The van der Waals surface area contributed by atoms with Gasteiger partial charge in [0, 0.05) is 6.04 Å². The molecule has 1 saturated carbocycles. The van der Waals surface area contributed by atoms with Crippen molar-refractivity contribution in [3.05, 3.63) is 28.2 Å². The maximum atomic E-state index is 11.8. The zero-order valence-corrected chi connectivity index (χ0v) is 13.4. The minimum atomic E-state index is -0.786. The molecule has 0 aromatic heterocycles. The lowest BCUT2D eigenvalue weighted by atomic mass is 10.1. The summed E-state index contributed by atoms with van der Waals surface area (Å²) in [6, 6.07) is 5.57. The van der Waals surface area contributed by atoms with Gasteiger partial charge in [0.25, 0.3) is 5.91 Å². The van der Waals surface area contributed by atoms with E-state index in [1.54, 1.807) is 0 Å². The Hall–Kier alpha value is -1.56. The molecule has 21 heavy (non-hydrogen) atoms. The molecular weight excluding hydrogens is 338 g/mol. The Labute approximate surface area is 131 Å². The van der Waals surface area contributed by atoms with E-state index >= 15 is 0 Å². The van der Waals surface area contributed by atoms with Gasteiger partial charge in [-0.2, -0.15) is 0 Å². The molecule has 1 aromatic rings. The third-order valence-corrected chi connectivity index (χ3v) is 4.21. The first-order valence-electron chi connectivity index (χ1n) is 6.87. The van der Waals surface area contributed by atoms with Crippen LogP contribution in [0.1, 0.15) is 24.8 Å². The molecule has 1 fully saturated rings. The summed E-state index contributed by atoms with van der Waals surface area (Å²) in [4.78, 5) is 22.7. The highest BCUT2D eigenvalue weighted by molar-refractivity contribution is 9.10. The molecule has 0 radical (unpaired) electrons. The molecule has 0 saturated heterocycles. The Morgan fingerprint density at radius 1 is 1.43 bits per heavy atom. The number of carbonyl (C=O) groups excluding carboxylic acids is 1. The molecule has 1 aromatic carbocycles. The van der Waals surface area contributed by atoms with Gasteiger partial charge >= 0.3 is 5.97 Å². The van der Waals surface area contributed by atoms with Crippen LogP contribution in [0, 0.1) is 12.8 Å². The highest BCUT2D eigenvalue weighted by Gasteiger charge is 2.30. The van der Waals surface area contributed by atoms with Gasteiger partial charge in [-0.25, -0.2) is 0 Å². The maximum Gasteiger partial charge on any atom is 0.306 e. The van der Waals surface area contributed by atoms with Crippen LogP contribution >= 0.6 is 15.9 Å². The first-order valence-corrected chi connectivity index (χ1v) is 7.66. The normalized spacial score (nSPS) is 21.0. The molecular formula is C15H18BrNO4. The lowest BCUT2D eigenvalue weighted by molar-refractivity contribution is -0.141. The van der Waals surface area contributed by atoms with Crippen LogP contribution in [-0.2, 0) is 9.59 Å². The van der Waals surface area contributed by atoms with E-state index in [-0.39, 0.29) is 24.5 Å². The van der Waals surface area contributed by atoms with E-state index in [9.17, 15) is 9.59 Å². The van der Waals surface area contributed by atoms with E-state index in [1.165, 1.54) is 0 Å². The second kappa shape index (κ2) is 6.93. The Balaban J connectivity index is 1.79. The molecule has 2 N–H and O–H groups in total. The number of ether oxygens (including phenoxy) is 1. The third-order valence-electron chi connectivity index (χ3n) is 3.59. The number of carboxylic acid groups (broad SMARTS) is 1. The second-order valence-electron chi connectivity index (χ2n) is 5.34. The molecule has 5 nitrogen and oxygen atoms in total. The number of carboxylic acids is 1. The highest BCUT2D eigenvalue weighted by Crippen LogP contribution is 2.27. The van der Waals surface area contributed by atoms with Gasteiger partial charge in [-0.05, 0) is 59.8 Å². The van der Waals surface area contributed by atoms with Crippen molar-refractivity contribution in [3.63, 3.8) is 0 Å². The molecule has 0 heterocycles. The van der Waals surface area contributed by atoms with Gasteiger partial charge in [-0.15, -0.1) is 0 Å². The number of halogens is 1. The van der Waals surface area contributed by atoms with Crippen LogP contribution in [0.25, 0.3) is 0 Å². The number of aryl methyl sites for hydroxylation is 1. The van der Waals surface area contributed by atoms with Crippen LogP contribution < -0.4 is 10.1 Å². The molecule has 0 bridgehead atoms. The third kappa shape index (κ3) is 4.46. The zero-order valence-electron chi connectivity index (χ0n) is 11.8. The maximum absolute atomic E-state index is 11.8. The average molecular weight is 356 g/mol. The van der Waals surface area contributed by atoms with Gasteiger partial charge in [0.15, 0.2) is 6.61 Å². The molecule has 2 rings (SSSR count). The highest BCUT2D eigenvalue weighted by atomic mass is 79.9. The van der Waals surface area contributed by atoms with Crippen LogP contribution in [-0.4, -0.2) is 29.6 Å². The van der Waals surface area contributed by atoms with Crippen molar-refractivity contribution in [1.29, 1.82) is 0 Å². The van der Waals surface area contributed by atoms with Crippen LogP contribution in [0.4, 0.5) is 0 Å². The molecule has 2 atom stereocenters. The molecule has 1 aliphatic rings. The topological polar surface area (TPSA) is 75.6 Å². The number of carbonyl (C=O) groups is 2. The van der Waals surface area contributed by atoms with Gasteiger partial charge in [-0.1, -0.05) is 6.07 Å². The number of hydrogen-bond acceptors (Lipinski definition) is 3. The van der Waals surface area contributed by atoms with Crippen LogP contribution in [0.5, 0.6) is 5.75 Å². The summed E-state index contributed by atoms with van der Waals surface area (Å²) in [5, 5.41) is 11.7. The molecule has 1 aliphatic carbocycles.